The maximum atomic E-state index is 5.51. The van der Waals surface area contributed by atoms with Crippen molar-refractivity contribution in [3.8, 4) is 5.75 Å². The fourth-order valence-corrected chi connectivity index (χ4v) is 2.32. The summed E-state index contributed by atoms with van der Waals surface area (Å²) in [5.74, 6) is 0.928. The predicted octanol–water partition coefficient (Wildman–Crippen LogP) is 3.01. The normalized spacial score (nSPS) is 12.4. The molecule has 4 heteroatoms. The van der Waals surface area contributed by atoms with Crippen LogP contribution in [0.2, 0.25) is 0 Å². The van der Waals surface area contributed by atoms with Gasteiger partial charge < -0.3 is 14.8 Å². The van der Waals surface area contributed by atoms with Crippen LogP contribution in [-0.4, -0.2) is 32.9 Å². The Bertz CT molecular complexity index is 358. The number of halogens is 1. The minimum absolute atomic E-state index is 0.318. The molecule has 102 valence electrons. The molecule has 0 fully saturated rings. The summed E-state index contributed by atoms with van der Waals surface area (Å²) in [5, 5.41) is 3.44. The summed E-state index contributed by atoms with van der Waals surface area (Å²) in [7, 11) is 1.71. The van der Waals surface area contributed by atoms with E-state index in [-0.39, 0.29) is 0 Å². The highest BCUT2D eigenvalue weighted by Gasteiger charge is 2.12. The Balaban J connectivity index is 2.74. The molecule has 1 N–H and O–H groups in total. The lowest BCUT2D eigenvalue weighted by atomic mass is 10.1. The quantitative estimate of drug-likeness (QED) is 0.800. The third kappa shape index (κ3) is 4.96. The van der Waals surface area contributed by atoms with Gasteiger partial charge in [-0.2, -0.15) is 0 Å². The second-order valence-electron chi connectivity index (χ2n) is 4.07. The zero-order valence-corrected chi connectivity index (χ0v) is 12.9. The van der Waals surface area contributed by atoms with Gasteiger partial charge in [-0.1, -0.05) is 22.9 Å². The largest absolute Gasteiger partial charge is 0.496 e. The number of nitrogens with one attached hydrogen (secondary N) is 1. The molecule has 1 aromatic rings. The van der Waals surface area contributed by atoms with Gasteiger partial charge in [-0.25, -0.2) is 0 Å². The Morgan fingerprint density at radius 2 is 2.11 bits per heavy atom. The van der Waals surface area contributed by atoms with Gasteiger partial charge in [0.05, 0.1) is 13.7 Å². The van der Waals surface area contributed by atoms with Gasteiger partial charge in [0.2, 0.25) is 0 Å². The number of hydrogen-bond donors (Lipinski definition) is 1. The summed E-state index contributed by atoms with van der Waals surface area (Å²) in [5.41, 5.74) is 1.19. The molecule has 0 aromatic heterocycles. The molecule has 1 atom stereocenters. The van der Waals surface area contributed by atoms with E-state index < -0.39 is 0 Å². The molecule has 18 heavy (non-hydrogen) atoms. The average molecular weight is 316 g/mol. The maximum Gasteiger partial charge on any atom is 0.122 e. The fourth-order valence-electron chi connectivity index (χ4n) is 1.91. The molecule has 1 aromatic carbocycles. The second-order valence-corrected chi connectivity index (χ2v) is 4.99. The first-order chi connectivity index (χ1) is 8.71. The monoisotopic (exact) mass is 315 g/mol. The second kappa shape index (κ2) is 8.51. The third-order valence-electron chi connectivity index (χ3n) is 2.72. The van der Waals surface area contributed by atoms with Gasteiger partial charge in [-0.3, -0.25) is 0 Å². The third-order valence-corrected chi connectivity index (χ3v) is 3.22. The molecule has 0 aliphatic heterocycles. The molecule has 0 bridgehead atoms. The highest BCUT2D eigenvalue weighted by Crippen LogP contribution is 2.24. The molecule has 0 saturated heterocycles. The molecule has 0 radical (unpaired) electrons. The van der Waals surface area contributed by atoms with Gasteiger partial charge in [0.1, 0.15) is 5.75 Å². The van der Waals surface area contributed by atoms with Crippen LogP contribution >= 0.6 is 15.9 Å². The van der Waals surface area contributed by atoms with Crippen LogP contribution in [0.5, 0.6) is 5.75 Å². The maximum absolute atomic E-state index is 5.51. The van der Waals surface area contributed by atoms with Crippen molar-refractivity contribution in [2.24, 2.45) is 0 Å². The highest BCUT2D eigenvalue weighted by molar-refractivity contribution is 9.10. The molecule has 1 unspecified atom stereocenters. The molecular weight excluding hydrogens is 294 g/mol. The van der Waals surface area contributed by atoms with Crippen LogP contribution in [0, 0.1) is 0 Å². The number of rotatable bonds is 8. The Morgan fingerprint density at radius 1 is 1.33 bits per heavy atom. The van der Waals surface area contributed by atoms with Crippen molar-refractivity contribution in [1.82, 2.24) is 5.32 Å². The number of ether oxygens (including phenoxy) is 2. The summed E-state index contributed by atoms with van der Waals surface area (Å²) in [6.45, 7) is 6.53. The van der Waals surface area contributed by atoms with Crippen LogP contribution in [0.1, 0.15) is 19.4 Å². The molecule has 0 amide bonds. The highest BCUT2D eigenvalue weighted by atomic mass is 79.9. The average Bonchev–Trinajstić information content (AvgIpc) is 2.36. The van der Waals surface area contributed by atoms with Crippen LogP contribution in [-0.2, 0) is 11.2 Å². The van der Waals surface area contributed by atoms with Crippen molar-refractivity contribution in [3.05, 3.63) is 28.2 Å². The minimum atomic E-state index is 0.318. The summed E-state index contributed by atoms with van der Waals surface area (Å²) in [6.07, 6.45) is 0.899. The summed E-state index contributed by atoms with van der Waals surface area (Å²) < 4.78 is 12.0. The minimum Gasteiger partial charge on any atom is -0.496 e. The van der Waals surface area contributed by atoms with Gasteiger partial charge >= 0.3 is 0 Å². The van der Waals surface area contributed by atoms with E-state index in [1.165, 1.54) is 5.56 Å². The zero-order valence-electron chi connectivity index (χ0n) is 11.3. The van der Waals surface area contributed by atoms with E-state index in [4.69, 9.17) is 9.47 Å². The standard InChI is InChI=1S/C14H22BrNO2/c1-4-16-13(10-18-5-2)9-11-8-12(15)6-7-14(11)17-3/h6-8,13,16H,4-5,9-10H2,1-3H3. The Hall–Kier alpha value is -0.580. The molecule has 1 rings (SSSR count). The molecule has 3 nitrogen and oxygen atoms in total. The fraction of sp³-hybridized carbons (Fsp3) is 0.571. The van der Waals surface area contributed by atoms with Gasteiger partial charge in [0.25, 0.3) is 0 Å². The summed E-state index contributed by atoms with van der Waals surface area (Å²) >= 11 is 3.50. The van der Waals surface area contributed by atoms with E-state index in [1.807, 2.05) is 19.1 Å². The molecule has 0 aliphatic rings. The number of likely N-dealkylation sites (N-methyl/N-ethyl adjacent to an activating group) is 1. The topological polar surface area (TPSA) is 30.5 Å². The van der Waals surface area contributed by atoms with Gasteiger partial charge in [-0.05, 0) is 43.7 Å². The Labute approximate surface area is 118 Å². The van der Waals surface area contributed by atoms with Gasteiger partial charge in [0.15, 0.2) is 0 Å². The van der Waals surface area contributed by atoms with Gasteiger partial charge in [0, 0.05) is 17.1 Å². The molecule has 0 saturated carbocycles. The van der Waals surface area contributed by atoms with E-state index >= 15 is 0 Å². The summed E-state index contributed by atoms with van der Waals surface area (Å²) in [6, 6.07) is 6.41. The van der Waals surface area contributed by atoms with Crippen molar-refractivity contribution in [2.45, 2.75) is 26.3 Å². The lowest BCUT2D eigenvalue weighted by Crippen LogP contribution is -2.35. The SMILES string of the molecule is CCNC(COCC)Cc1cc(Br)ccc1OC. The van der Waals surface area contributed by atoms with Crippen molar-refractivity contribution >= 4 is 15.9 Å². The predicted molar refractivity (Wildman–Crippen MR) is 78.4 cm³/mol. The molecular formula is C14H22BrNO2. The lowest BCUT2D eigenvalue weighted by Gasteiger charge is -2.19. The van der Waals surface area contributed by atoms with Crippen molar-refractivity contribution in [2.75, 3.05) is 26.9 Å². The first kappa shape index (κ1) is 15.5. The van der Waals surface area contributed by atoms with E-state index in [1.54, 1.807) is 7.11 Å². The Kier molecular flexibility index (Phi) is 7.32. The first-order valence-corrected chi connectivity index (χ1v) is 7.14. The summed E-state index contributed by atoms with van der Waals surface area (Å²) in [4.78, 5) is 0. The number of benzene rings is 1. The smallest absolute Gasteiger partial charge is 0.122 e. The number of methoxy groups -OCH3 is 1. The zero-order chi connectivity index (χ0) is 13.4. The molecule has 0 heterocycles. The van der Waals surface area contributed by atoms with E-state index in [0.29, 0.717) is 6.04 Å². The van der Waals surface area contributed by atoms with Gasteiger partial charge in [-0.15, -0.1) is 0 Å². The van der Waals surface area contributed by atoms with Crippen LogP contribution in [0.25, 0.3) is 0 Å². The first-order valence-electron chi connectivity index (χ1n) is 6.34. The van der Waals surface area contributed by atoms with Crippen molar-refractivity contribution in [1.29, 1.82) is 0 Å². The van der Waals surface area contributed by atoms with E-state index in [2.05, 4.69) is 34.2 Å². The molecule has 0 spiro atoms. The Morgan fingerprint density at radius 3 is 2.72 bits per heavy atom. The van der Waals surface area contributed by atoms with Crippen LogP contribution in [0.3, 0.4) is 0 Å². The van der Waals surface area contributed by atoms with Crippen molar-refractivity contribution < 1.29 is 9.47 Å². The lowest BCUT2D eigenvalue weighted by molar-refractivity contribution is 0.123. The number of hydrogen-bond acceptors (Lipinski definition) is 3. The van der Waals surface area contributed by atoms with E-state index in [0.717, 1.165) is 36.4 Å². The van der Waals surface area contributed by atoms with E-state index in [9.17, 15) is 0 Å². The molecule has 0 aliphatic carbocycles. The van der Waals surface area contributed by atoms with Crippen LogP contribution in [0.4, 0.5) is 0 Å². The van der Waals surface area contributed by atoms with Crippen molar-refractivity contribution in [3.63, 3.8) is 0 Å². The van der Waals surface area contributed by atoms with Crippen LogP contribution < -0.4 is 10.1 Å². The van der Waals surface area contributed by atoms with Crippen LogP contribution in [0.15, 0.2) is 22.7 Å².